The van der Waals surface area contributed by atoms with Gasteiger partial charge in [0, 0.05) is 6.04 Å². The Hall–Kier alpha value is -1.10. The molecule has 98 valence electrons. The normalized spacial score (nSPS) is 21.3. The molecule has 0 aliphatic carbocycles. The molecule has 1 fully saturated rings. The maximum atomic E-state index is 11.7. The summed E-state index contributed by atoms with van der Waals surface area (Å²) in [5, 5.41) is 2.83. The van der Waals surface area contributed by atoms with Crippen LogP contribution in [0.25, 0.3) is 0 Å². The molecule has 0 radical (unpaired) electrons. The summed E-state index contributed by atoms with van der Waals surface area (Å²) in [4.78, 5) is 25.2. The second kappa shape index (κ2) is 6.59. The van der Waals surface area contributed by atoms with Gasteiger partial charge in [-0.15, -0.1) is 0 Å². The second-order valence-corrected chi connectivity index (χ2v) is 4.73. The topological polar surface area (TPSA) is 58.6 Å². The number of carbonyl (C=O) groups is 2. The van der Waals surface area contributed by atoms with Gasteiger partial charge in [-0.05, 0) is 33.2 Å². The van der Waals surface area contributed by atoms with Crippen molar-refractivity contribution in [1.82, 2.24) is 10.2 Å². The van der Waals surface area contributed by atoms with E-state index >= 15 is 0 Å². The van der Waals surface area contributed by atoms with Crippen molar-refractivity contribution in [2.24, 2.45) is 0 Å². The van der Waals surface area contributed by atoms with Crippen LogP contribution in [0, 0.1) is 0 Å². The van der Waals surface area contributed by atoms with E-state index in [0.717, 1.165) is 25.8 Å². The molecule has 0 aromatic carbocycles. The molecule has 0 spiro atoms. The first-order valence-corrected chi connectivity index (χ1v) is 6.16. The summed E-state index contributed by atoms with van der Waals surface area (Å²) in [6.07, 6.45) is 2.83. The zero-order valence-corrected chi connectivity index (χ0v) is 10.9. The first-order chi connectivity index (χ1) is 8.04. The van der Waals surface area contributed by atoms with Crippen LogP contribution in [0.5, 0.6) is 0 Å². The van der Waals surface area contributed by atoms with Crippen LogP contribution in [0.4, 0.5) is 0 Å². The third-order valence-corrected chi connectivity index (χ3v) is 2.88. The number of amides is 1. The molecule has 1 aliphatic heterocycles. The van der Waals surface area contributed by atoms with Crippen molar-refractivity contribution in [3.05, 3.63) is 0 Å². The maximum Gasteiger partial charge on any atom is 0.323 e. The monoisotopic (exact) mass is 242 g/mol. The van der Waals surface area contributed by atoms with E-state index in [1.807, 2.05) is 18.7 Å². The standard InChI is InChI=1S/C12H22N2O3/c1-9(2)13-11(15)8-14-7-5-4-6-10(14)12(16)17-3/h9-10H,4-8H2,1-3H3,(H,13,15)/t10-/m0/s1. The fraction of sp³-hybridized carbons (Fsp3) is 0.833. The number of hydrogen-bond donors (Lipinski definition) is 1. The number of hydrogen-bond acceptors (Lipinski definition) is 4. The fourth-order valence-electron chi connectivity index (χ4n) is 2.14. The molecule has 0 aromatic heterocycles. The molecular formula is C12H22N2O3. The highest BCUT2D eigenvalue weighted by atomic mass is 16.5. The van der Waals surface area contributed by atoms with E-state index in [-0.39, 0.29) is 30.5 Å². The Balaban J connectivity index is 2.53. The number of nitrogens with zero attached hydrogens (tertiary/aromatic N) is 1. The molecule has 0 saturated carbocycles. The number of nitrogens with one attached hydrogen (secondary N) is 1. The van der Waals surface area contributed by atoms with Gasteiger partial charge in [0.15, 0.2) is 0 Å². The minimum atomic E-state index is -0.258. The average molecular weight is 242 g/mol. The Morgan fingerprint density at radius 2 is 2.12 bits per heavy atom. The summed E-state index contributed by atoms with van der Waals surface area (Å²) in [6.45, 7) is 4.90. The molecule has 1 rings (SSSR count). The highest BCUT2D eigenvalue weighted by Gasteiger charge is 2.30. The molecule has 0 bridgehead atoms. The predicted molar refractivity (Wildman–Crippen MR) is 64.5 cm³/mol. The largest absolute Gasteiger partial charge is 0.468 e. The lowest BCUT2D eigenvalue weighted by molar-refractivity contribution is -0.148. The van der Waals surface area contributed by atoms with Crippen molar-refractivity contribution in [2.45, 2.75) is 45.2 Å². The average Bonchev–Trinajstić information content (AvgIpc) is 2.27. The maximum absolute atomic E-state index is 11.7. The van der Waals surface area contributed by atoms with E-state index in [4.69, 9.17) is 4.74 Å². The SMILES string of the molecule is COC(=O)[C@@H]1CCCCN1CC(=O)NC(C)C. The predicted octanol–water partition coefficient (Wildman–Crippen LogP) is 0.539. The molecule has 1 heterocycles. The van der Waals surface area contributed by atoms with Gasteiger partial charge in [-0.25, -0.2) is 0 Å². The highest BCUT2D eigenvalue weighted by molar-refractivity contribution is 5.80. The smallest absolute Gasteiger partial charge is 0.323 e. The van der Waals surface area contributed by atoms with Gasteiger partial charge >= 0.3 is 5.97 Å². The van der Waals surface area contributed by atoms with Gasteiger partial charge in [0.1, 0.15) is 6.04 Å². The summed E-state index contributed by atoms with van der Waals surface area (Å²) < 4.78 is 4.77. The molecule has 0 unspecified atom stereocenters. The van der Waals surface area contributed by atoms with Crippen molar-refractivity contribution < 1.29 is 14.3 Å². The van der Waals surface area contributed by atoms with Crippen LogP contribution in [0.2, 0.25) is 0 Å². The molecule has 1 amide bonds. The number of likely N-dealkylation sites (tertiary alicyclic amines) is 1. The molecule has 0 aromatic rings. The van der Waals surface area contributed by atoms with Gasteiger partial charge in [0.05, 0.1) is 13.7 Å². The lowest BCUT2D eigenvalue weighted by Gasteiger charge is -2.33. The quantitative estimate of drug-likeness (QED) is 0.731. The third-order valence-electron chi connectivity index (χ3n) is 2.88. The summed E-state index contributed by atoms with van der Waals surface area (Å²) in [5.74, 6) is -0.266. The molecule has 5 heteroatoms. The molecule has 1 N–H and O–H groups in total. The molecule has 1 atom stereocenters. The van der Waals surface area contributed by atoms with Gasteiger partial charge < -0.3 is 10.1 Å². The number of esters is 1. The number of piperidine rings is 1. The summed E-state index contributed by atoms with van der Waals surface area (Å²) in [7, 11) is 1.39. The van der Waals surface area contributed by atoms with E-state index in [2.05, 4.69) is 5.32 Å². The Kier molecular flexibility index (Phi) is 5.41. The minimum Gasteiger partial charge on any atom is -0.468 e. The van der Waals surface area contributed by atoms with Crippen molar-refractivity contribution in [3.63, 3.8) is 0 Å². The first kappa shape index (κ1) is 14.0. The van der Waals surface area contributed by atoms with E-state index < -0.39 is 0 Å². The highest BCUT2D eigenvalue weighted by Crippen LogP contribution is 2.17. The first-order valence-electron chi connectivity index (χ1n) is 6.16. The zero-order chi connectivity index (χ0) is 12.8. The van der Waals surface area contributed by atoms with Crippen LogP contribution >= 0.6 is 0 Å². The fourth-order valence-corrected chi connectivity index (χ4v) is 2.14. The van der Waals surface area contributed by atoms with E-state index in [0.29, 0.717) is 0 Å². The van der Waals surface area contributed by atoms with Crippen molar-refractivity contribution in [1.29, 1.82) is 0 Å². The van der Waals surface area contributed by atoms with Crippen molar-refractivity contribution >= 4 is 11.9 Å². The summed E-state index contributed by atoms with van der Waals surface area (Å²) in [5.41, 5.74) is 0. The summed E-state index contributed by atoms with van der Waals surface area (Å²) >= 11 is 0. The van der Waals surface area contributed by atoms with Gasteiger partial charge in [-0.1, -0.05) is 6.42 Å². The minimum absolute atomic E-state index is 0.0317. The van der Waals surface area contributed by atoms with E-state index in [1.54, 1.807) is 0 Å². The van der Waals surface area contributed by atoms with Crippen molar-refractivity contribution in [3.8, 4) is 0 Å². The Bertz CT molecular complexity index is 279. The molecular weight excluding hydrogens is 220 g/mol. The van der Waals surface area contributed by atoms with Gasteiger partial charge in [0.2, 0.25) is 5.91 Å². The van der Waals surface area contributed by atoms with E-state index in [1.165, 1.54) is 7.11 Å². The van der Waals surface area contributed by atoms with Crippen LogP contribution in [0.1, 0.15) is 33.1 Å². The Morgan fingerprint density at radius 1 is 1.41 bits per heavy atom. The lowest BCUT2D eigenvalue weighted by Crippen LogP contribution is -2.50. The molecule has 5 nitrogen and oxygen atoms in total. The summed E-state index contributed by atoms with van der Waals surface area (Å²) in [6, 6.07) is -0.129. The van der Waals surface area contributed by atoms with Crippen LogP contribution in [0.3, 0.4) is 0 Å². The van der Waals surface area contributed by atoms with Crippen LogP contribution in [-0.2, 0) is 14.3 Å². The van der Waals surface area contributed by atoms with Gasteiger partial charge in [0.25, 0.3) is 0 Å². The van der Waals surface area contributed by atoms with E-state index in [9.17, 15) is 9.59 Å². The molecule has 1 aliphatic rings. The van der Waals surface area contributed by atoms with Crippen molar-refractivity contribution in [2.75, 3.05) is 20.2 Å². The Morgan fingerprint density at radius 3 is 2.71 bits per heavy atom. The number of rotatable bonds is 4. The van der Waals surface area contributed by atoms with Gasteiger partial charge in [-0.3, -0.25) is 14.5 Å². The second-order valence-electron chi connectivity index (χ2n) is 4.73. The number of methoxy groups -OCH3 is 1. The molecule has 17 heavy (non-hydrogen) atoms. The zero-order valence-electron chi connectivity index (χ0n) is 10.9. The van der Waals surface area contributed by atoms with Crippen LogP contribution < -0.4 is 5.32 Å². The van der Waals surface area contributed by atoms with Crippen LogP contribution in [0.15, 0.2) is 0 Å². The number of carbonyl (C=O) groups excluding carboxylic acids is 2. The molecule has 1 saturated heterocycles. The van der Waals surface area contributed by atoms with Crippen LogP contribution in [-0.4, -0.2) is 49.1 Å². The van der Waals surface area contributed by atoms with Gasteiger partial charge in [-0.2, -0.15) is 0 Å². The third kappa shape index (κ3) is 4.34. The number of ether oxygens (including phenoxy) is 1. The lowest BCUT2D eigenvalue weighted by atomic mass is 10.0. The Labute approximate surface area is 102 Å².